The number of nitrogens with one attached hydrogen (secondary N) is 2. The van der Waals surface area contributed by atoms with Crippen LogP contribution in [0.3, 0.4) is 0 Å². The Hall–Kier alpha value is -3.56. The van der Waals surface area contributed by atoms with E-state index in [1.54, 1.807) is 12.4 Å². The number of carbonyl (C=O) groups is 3. The van der Waals surface area contributed by atoms with Crippen LogP contribution in [0.25, 0.3) is 4.95 Å². The number of fused-ring (bicyclic) bond motifs is 15. The zero-order valence-electron chi connectivity index (χ0n) is 62.1. The van der Waals surface area contributed by atoms with Crippen molar-refractivity contribution in [3.05, 3.63) is 11.5 Å². The molecule has 0 aliphatic heterocycles. The summed E-state index contributed by atoms with van der Waals surface area (Å²) in [5.41, 5.74) is 1.41. The van der Waals surface area contributed by atoms with Crippen molar-refractivity contribution in [2.75, 3.05) is 0 Å². The Morgan fingerprint density at radius 3 is 0.938 bits per heavy atom. The van der Waals surface area contributed by atoms with Crippen molar-refractivity contribution in [3.8, 4) is 12.4 Å². The number of hydrogen-bond acceptors (Lipinski definition) is 12. The minimum absolute atomic E-state index is 0.172. The summed E-state index contributed by atoms with van der Waals surface area (Å²) in [5.74, 6) is 12.9. The number of nitrogens with zero attached hydrogens (tertiary/aromatic N) is 3. The van der Waals surface area contributed by atoms with Gasteiger partial charge in [0.25, 0.3) is 0 Å². The van der Waals surface area contributed by atoms with Gasteiger partial charge in [-0.25, -0.2) is 0 Å². The molecule has 0 unspecified atom stereocenters. The molecule has 0 aromatic rings. The lowest BCUT2D eigenvalue weighted by molar-refractivity contribution is -0.203. The van der Waals surface area contributed by atoms with Crippen LogP contribution in [0.2, 0.25) is 0 Å². The molecule has 16 heteroatoms. The number of aliphatic hydroxyl groups is 6. The minimum atomic E-state index is -0.683. The van der Waals surface area contributed by atoms with Crippen molar-refractivity contribution < 1.29 is 50.1 Å². The predicted molar refractivity (Wildman–Crippen MR) is 376 cm³/mol. The zero-order valence-corrected chi connectivity index (χ0v) is 62.1. The molecule has 16 nitrogen and oxygen atoms in total. The quantitative estimate of drug-likeness (QED) is 0.0240. The molecule has 12 aliphatic carbocycles. The van der Waals surface area contributed by atoms with E-state index in [0.717, 1.165) is 96.3 Å². The largest absolute Gasteiger partial charge is 0.481 e. The van der Waals surface area contributed by atoms with Crippen LogP contribution in [0.5, 0.6) is 0 Å². The van der Waals surface area contributed by atoms with E-state index in [-0.39, 0.29) is 87.3 Å². The Balaban J connectivity index is 0.000000167. The van der Waals surface area contributed by atoms with Crippen molar-refractivity contribution >= 4 is 17.8 Å². The molecule has 0 saturated heterocycles. The average Bonchev–Trinajstić information content (AvgIpc) is 1.71. The Morgan fingerprint density at radius 1 is 0.443 bits per heavy atom. The predicted octanol–water partition coefficient (Wildman–Crippen LogP) is 14.1. The van der Waals surface area contributed by atoms with Gasteiger partial charge < -0.3 is 35.7 Å². The monoisotopic (exact) mass is 1350 g/mol. The number of aliphatic carboxylic acids is 1. The summed E-state index contributed by atoms with van der Waals surface area (Å²) in [5, 5.41) is 97.6. The number of rotatable bonds is 15. The molecule has 12 rings (SSSR count). The first-order valence-corrected chi connectivity index (χ1v) is 39.6. The lowest BCUT2D eigenvalue weighted by Crippen LogP contribution is -2.62. The summed E-state index contributed by atoms with van der Waals surface area (Å²) in [6.07, 6.45) is 31.6. The molecule has 0 heterocycles. The summed E-state index contributed by atoms with van der Waals surface area (Å²) in [6.45, 7) is 34.0. The Kier molecular flexibility index (Phi) is 24.9. The number of hydrogen-bond donors (Lipinski definition) is 10. The van der Waals surface area contributed by atoms with Crippen LogP contribution in [0.15, 0.2) is 0 Å². The molecule has 0 aromatic heterocycles. The fraction of sp³-hybridized carbons (Fsp3) is 0.926. The van der Waals surface area contributed by atoms with E-state index in [9.17, 15) is 45.0 Å². The summed E-state index contributed by atoms with van der Waals surface area (Å²) < 4.78 is 0. The lowest BCUT2D eigenvalue weighted by atomic mass is 9.41. The molecule has 33 atom stereocenters. The molecular weight excluding hydrogens is 1220 g/mol. The van der Waals surface area contributed by atoms with E-state index in [1.165, 1.54) is 77.0 Å². The minimum Gasteiger partial charge on any atom is -0.481 e. The van der Waals surface area contributed by atoms with Gasteiger partial charge >= 0.3 is 5.97 Å². The van der Waals surface area contributed by atoms with Crippen LogP contribution in [0.4, 0.5) is 0 Å². The molecule has 97 heavy (non-hydrogen) atoms. The molecule has 0 radical (unpaired) electrons. The highest BCUT2D eigenvalue weighted by molar-refractivity contribution is 5.77. The molecule has 12 saturated carbocycles. The number of amides is 2. The number of carboxylic acid groups (broad SMARTS) is 1. The highest BCUT2D eigenvalue weighted by Gasteiger charge is 2.69. The molecule has 0 aromatic carbocycles. The summed E-state index contributed by atoms with van der Waals surface area (Å²) in [6, 6.07) is 0. The molecular formula is C81H134N6O10. The second-order valence-electron chi connectivity index (χ2n) is 36.8. The Bertz CT molecular complexity index is 2700. The van der Waals surface area contributed by atoms with Gasteiger partial charge in [0.05, 0.1) is 36.6 Å². The standard InChI is InChI=1S/2C27H44N2O3.C26H44O4.CH2N2/c2*1-5-18-22-14-17(30)10-12-27(22,4)21-11-13-26(3)19(7-8-20(26)24(21)25(18)32)16(2)6-9-23(31)29-15-28;1-5-17-21-14-16(27)10-12-26(21,4)20-11-13-25(3)18(15(2)6-9-22(28)29)7-8-19(25)23(20)24(17)30;1-3-2/h2*16-22,24-25,30,32H,5-14H2,1-4H3,(H,29,31);15-21,23-24,27,30H,5-14H2,1-4H3,(H,28,29);2H2/t2*16-,17-,18-,19-,20+,21+,22+,24+,25-,26-,27-;15-,16-,17-,18-,19+,20+,21+,23+,24-,25-,26-;/m111./s1. The van der Waals surface area contributed by atoms with Crippen molar-refractivity contribution in [2.45, 2.75) is 312 Å². The first-order chi connectivity index (χ1) is 45.9. The van der Waals surface area contributed by atoms with Gasteiger partial charge in [-0.15, -0.1) is 5.84 Å². The van der Waals surface area contributed by atoms with Crippen molar-refractivity contribution in [1.29, 1.82) is 10.5 Å². The van der Waals surface area contributed by atoms with Crippen LogP contribution < -0.4 is 16.5 Å². The molecule has 0 spiro atoms. The lowest BCUT2D eigenvalue weighted by Gasteiger charge is -2.64. The van der Waals surface area contributed by atoms with Crippen LogP contribution in [-0.2, 0) is 14.4 Å². The highest BCUT2D eigenvalue weighted by Crippen LogP contribution is 2.73. The Labute approximate surface area is 585 Å². The number of aliphatic hydroxyl groups excluding tert-OH is 6. The second kappa shape index (κ2) is 31.2. The SMILES string of the molecule is CC[C@H]1[C@@H](O)[C@@H]2[C@H](CC[C@]3(C)[C@@H]([C@H](C)CCC(=O)NC#N)CC[C@@H]23)[C@@]2(C)CC[C@@H](O)C[C@@H]12.CC[C@H]1[C@@H](O)[C@@H]2[C@H](CC[C@]3(C)[C@@H]([C@H](C)CCC(=O)NC#N)CC[C@@H]23)[C@@]2(C)CC[C@@H](O)C[C@@H]12.CC[C@H]1[C@@H](O)[C@@H]2[C@H](CC[C@]3(C)[C@@H]([C@H](C)CCC(=O)O)CC[C@@H]23)[C@@]2(C)CC[C@@H](O)C[C@@H]12.[C-]#[N+]N. The van der Waals surface area contributed by atoms with Gasteiger partial charge in [-0.3, -0.25) is 25.0 Å². The fourth-order valence-corrected chi connectivity index (χ4v) is 28.7. The van der Waals surface area contributed by atoms with Gasteiger partial charge in [-0.2, -0.15) is 22.0 Å². The summed E-state index contributed by atoms with van der Waals surface area (Å²) in [4.78, 5) is 37.0. The van der Waals surface area contributed by atoms with E-state index < -0.39 is 5.97 Å². The maximum absolute atomic E-state index is 11.8. The van der Waals surface area contributed by atoms with Crippen LogP contribution in [0, 0.1) is 186 Å². The van der Waals surface area contributed by atoms with Crippen LogP contribution >= 0.6 is 0 Å². The molecule has 2 amide bonds. The highest BCUT2D eigenvalue weighted by atomic mass is 16.4. The first kappa shape index (κ1) is 77.6. The van der Waals surface area contributed by atoms with Gasteiger partial charge in [0.15, 0.2) is 12.4 Å². The maximum atomic E-state index is 11.8. The number of carbonyl (C=O) groups excluding carboxylic acids is 2. The maximum Gasteiger partial charge on any atom is 0.303 e. The zero-order chi connectivity index (χ0) is 71.1. The third-order valence-corrected chi connectivity index (χ3v) is 33.3. The van der Waals surface area contributed by atoms with Crippen LogP contribution in [0.1, 0.15) is 276 Å². The molecule has 12 aliphatic rings. The number of carboxylic acids is 1. The third kappa shape index (κ3) is 14.2. The number of nitrogens with two attached hydrogens (primary N) is 1. The van der Waals surface area contributed by atoms with Crippen LogP contribution in [-0.4, -0.2) is 90.2 Å². The van der Waals surface area contributed by atoms with Gasteiger partial charge in [0, 0.05) is 19.3 Å². The van der Waals surface area contributed by atoms with Gasteiger partial charge in [0.2, 0.25) is 11.8 Å². The fourth-order valence-electron chi connectivity index (χ4n) is 28.7. The van der Waals surface area contributed by atoms with E-state index in [2.05, 4.69) is 105 Å². The third-order valence-electron chi connectivity index (χ3n) is 33.3. The van der Waals surface area contributed by atoms with E-state index in [1.807, 2.05) is 0 Å². The van der Waals surface area contributed by atoms with Gasteiger partial charge in [0.1, 0.15) is 0 Å². The number of nitriles is 2. The Morgan fingerprint density at radius 2 is 0.691 bits per heavy atom. The van der Waals surface area contributed by atoms with E-state index in [0.29, 0.717) is 137 Å². The molecule has 12 fully saturated rings. The molecule has 0 bridgehead atoms. The smallest absolute Gasteiger partial charge is 0.303 e. The van der Waals surface area contributed by atoms with E-state index in [4.69, 9.17) is 22.2 Å². The molecule has 11 N–H and O–H groups in total. The first-order valence-electron chi connectivity index (χ1n) is 39.6. The topological polar surface area (TPSA) is 295 Å². The van der Waals surface area contributed by atoms with E-state index >= 15 is 0 Å². The summed E-state index contributed by atoms with van der Waals surface area (Å²) in [7, 11) is 0. The van der Waals surface area contributed by atoms with Crippen molar-refractivity contribution in [1.82, 2.24) is 10.6 Å². The summed E-state index contributed by atoms with van der Waals surface area (Å²) >= 11 is 0. The van der Waals surface area contributed by atoms with Gasteiger partial charge in [-0.1, -0.05) is 102 Å². The second-order valence-corrected chi connectivity index (χ2v) is 36.8. The van der Waals surface area contributed by atoms with Crippen molar-refractivity contribution in [3.63, 3.8) is 0 Å². The molecule has 548 valence electrons. The van der Waals surface area contributed by atoms with Gasteiger partial charge in [-0.05, 0) is 311 Å². The normalized spacial score (nSPS) is 48.1. The van der Waals surface area contributed by atoms with Crippen molar-refractivity contribution in [2.24, 2.45) is 163 Å². The average molecular weight is 1350 g/mol.